The molecule has 3 rings (SSSR count). The van der Waals surface area contributed by atoms with Crippen molar-refractivity contribution >= 4 is 11.7 Å². The zero-order chi connectivity index (χ0) is 13.1. The quantitative estimate of drug-likeness (QED) is 0.717. The molecule has 1 fully saturated rings. The van der Waals surface area contributed by atoms with Gasteiger partial charge in [-0.25, -0.2) is 4.79 Å². The maximum atomic E-state index is 12.7. The van der Waals surface area contributed by atoms with Gasteiger partial charge in [-0.05, 0) is 30.9 Å². The first-order chi connectivity index (χ1) is 9.36. The van der Waals surface area contributed by atoms with Crippen LogP contribution in [-0.4, -0.2) is 43.8 Å². The molecule has 0 unspecified atom stereocenters. The van der Waals surface area contributed by atoms with Crippen LogP contribution in [0.3, 0.4) is 0 Å². The van der Waals surface area contributed by atoms with Gasteiger partial charge in [0.25, 0.3) is 0 Å². The normalized spacial score (nSPS) is 19.8. The van der Waals surface area contributed by atoms with Crippen molar-refractivity contribution in [2.45, 2.75) is 19.3 Å². The highest BCUT2D eigenvalue weighted by Gasteiger charge is 2.26. The van der Waals surface area contributed by atoms with Gasteiger partial charge in [-0.15, -0.1) is 0 Å². The van der Waals surface area contributed by atoms with E-state index in [0.29, 0.717) is 26.3 Å². The minimum absolute atomic E-state index is 0.137. The Morgan fingerprint density at radius 2 is 1.84 bits per heavy atom. The monoisotopic (exact) mass is 260 g/mol. The number of urea groups is 1. The number of rotatable bonds is 0. The van der Waals surface area contributed by atoms with Crippen LogP contribution in [0.2, 0.25) is 0 Å². The number of ether oxygens (including phenoxy) is 1. The summed E-state index contributed by atoms with van der Waals surface area (Å²) in [5, 5.41) is 0. The van der Waals surface area contributed by atoms with Gasteiger partial charge >= 0.3 is 6.03 Å². The van der Waals surface area contributed by atoms with Gasteiger partial charge in [-0.3, -0.25) is 4.90 Å². The first-order valence-electron chi connectivity index (χ1n) is 7.08. The van der Waals surface area contributed by atoms with Crippen molar-refractivity contribution < 1.29 is 9.53 Å². The van der Waals surface area contributed by atoms with Crippen molar-refractivity contribution in [3.8, 4) is 0 Å². The number of para-hydroxylation sites is 1. The molecule has 1 aromatic rings. The summed E-state index contributed by atoms with van der Waals surface area (Å²) in [5.74, 6) is 0. The predicted molar refractivity (Wildman–Crippen MR) is 74.5 cm³/mol. The summed E-state index contributed by atoms with van der Waals surface area (Å²) in [5.41, 5.74) is 2.39. The average molecular weight is 260 g/mol. The third-order valence-corrected chi connectivity index (χ3v) is 3.87. The molecule has 2 aliphatic rings. The van der Waals surface area contributed by atoms with E-state index in [4.69, 9.17) is 4.74 Å². The maximum absolute atomic E-state index is 12.7. The van der Waals surface area contributed by atoms with Gasteiger partial charge < -0.3 is 9.64 Å². The molecule has 1 aromatic carbocycles. The number of benzene rings is 1. The fourth-order valence-corrected chi connectivity index (χ4v) is 2.82. The first kappa shape index (κ1) is 12.5. The molecule has 0 spiro atoms. The second kappa shape index (κ2) is 5.61. The lowest BCUT2D eigenvalue weighted by molar-refractivity contribution is 0.0548. The van der Waals surface area contributed by atoms with Crippen LogP contribution in [0.5, 0.6) is 0 Å². The minimum Gasteiger partial charge on any atom is -0.378 e. The lowest BCUT2D eigenvalue weighted by Gasteiger charge is -2.33. The maximum Gasteiger partial charge on any atom is 0.324 e. The van der Waals surface area contributed by atoms with Gasteiger partial charge in [0.15, 0.2) is 0 Å². The van der Waals surface area contributed by atoms with E-state index in [-0.39, 0.29) is 6.03 Å². The summed E-state index contributed by atoms with van der Waals surface area (Å²) in [6.45, 7) is 3.55. The summed E-state index contributed by atoms with van der Waals surface area (Å²) in [4.78, 5) is 16.5. The minimum atomic E-state index is 0.137. The predicted octanol–water partition coefficient (Wildman–Crippen LogP) is 2.28. The lowest BCUT2D eigenvalue weighted by atomic mass is 10.1. The van der Waals surface area contributed by atoms with Gasteiger partial charge in [0, 0.05) is 25.3 Å². The fraction of sp³-hybridized carbons (Fsp3) is 0.533. The van der Waals surface area contributed by atoms with Crippen molar-refractivity contribution in [3.63, 3.8) is 0 Å². The topological polar surface area (TPSA) is 32.8 Å². The summed E-state index contributed by atoms with van der Waals surface area (Å²) >= 11 is 0. The molecule has 0 saturated carbocycles. The second-order valence-electron chi connectivity index (χ2n) is 5.12. The van der Waals surface area contributed by atoms with Crippen LogP contribution in [0.15, 0.2) is 24.3 Å². The number of hydrogen-bond acceptors (Lipinski definition) is 2. The fourth-order valence-electron chi connectivity index (χ4n) is 2.82. The van der Waals surface area contributed by atoms with Gasteiger partial charge in [0.1, 0.15) is 0 Å². The van der Waals surface area contributed by atoms with Crippen molar-refractivity contribution in [1.82, 2.24) is 4.90 Å². The van der Waals surface area contributed by atoms with Crippen molar-refractivity contribution in [2.75, 3.05) is 37.7 Å². The molecule has 1 saturated heterocycles. The summed E-state index contributed by atoms with van der Waals surface area (Å²) < 4.78 is 5.32. The number of carbonyl (C=O) groups excluding carboxylic acids is 1. The van der Waals surface area contributed by atoms with E-state index >= 15 is 0 Å². The largest absolute Gasteiger partial charge is 0.378 e. The smallest absolute Gasteiger partial charge is 0.324 e. The highest BCUT2D eigenvalue weighted by Crippen LogP contribution is 2.27. The van der Waals surface area contributed by atoms with E-state index in [1.54, 1.807) is 0 Å². The number of carbonyl (C=O) groups is 1. The van der Waals surface area contributed by atoms with Gasteiger partial charge in [0.05, 0.1) is 13.2 Å². The Hall–Kier alpha value is -1.55. The third-order valence-electron chi connectivity index (χ3n) is 3.87. The van der Waals surface area contributed by atoms with Crippen molar-refractivity contribution in [3.05, 3.63) is 29.8 Å². The van der Waals surface area contributed by atoms with E-state index < -0.39 is 0 Å². The number of anilines is 1. The Bertz CT molecular complexity index is 455. The highest BCUT2D eigenvalue weighted by atomic mass is 16.5. The third kappa shape index (κ3) is 2.59. The van der Waals surface area contributed by atoms with Gasteiger partial charge in [-0.1, -0.05) is 18.2 Å². The van der Waals surface area contributed by atoms with E-state index in [1.165, 1.54) is 5.56 Å². The Labute approximate surface area is 113 Å². The van der Waals surface area contributed by atoms with Crippen LogP contribution < -0.4 is 4.90 Å². The molecular formula is C15H20N2O2. The molecule has 2 heterocycles. The zero-order valence-electron chi connectivity index (χ0n) is 11.2. The molecule has 4 nitrogen and oxygen atoms in total. The standard InChI is InChI=1S/C15H20N2O2/c18-15(16-9-11-19-12-10-16)17-8-4-3-6-13-5-1-2-7-14(13)17/h1-2,5,7H,3-4,6,8-12H2. The summed E-state index contributed by atoms with van der Waals surface area (Å²) in [6, 6.07) is 8.42. The molecule has 0 aliphatic carbocycles. The van der Waals surface area contributed by atoms with Crippen LogP contribution in [0, 0.1) is 0 Å². The van der Waals surface area contributed by atoms with Crippen LogP contribution >= 0.6 is 0 Å². The van der Waals surface area contributed by atoms with Crippen molar-refractivity contribution in [1.29, 1.82) is 0 Å². The van der Waals surface area contributed by atoms with Crippen LogP contribution in [0.1, 0.15) is 18.4 Å². The summed E-state index contributed by atoms with van der Waals surface area (Å²) in [6.07, 6.45) is 3.30. The van der Waals surface area contributed by atoms with E-state index in [9.17, 15) is 4.79 Å². The molecule has 19 heavy (non-hydrogen) atoms. The molecule has 0 aromatic heterocycles. The number of amides is 2. The van der Waals surface area contributed by atoms with Gasteiger partial charge in [0.2, 0.25) is 0 Å². The molecule has 0 bridgehead atoms. The Kier molecular flexibility index (Phi) is 3.69. The Balaban J connectivity index is 1.84. The lowest BCUT2D eigenvalue weighted by Crippen LogP contribution is -2.48. The van der Waals surface area contributed by atoms with Crippen LogP contribution in [0.25, 0.3) is 0 Å². The number of hydrogen-bond donors (Lipinski definition) is 0. The number of nitrogens with zero attached hydrogens (tertiary/aromatic N) is 2. The molecule has 2 aliphatic heterocycles. The average Bonchev–Trinajstić information content (AvgIpc) is 2.70. The molecule has 0 atom stereocenters. The number of aryl methyl sites for hydroxylation is 1. The number of morpholine rings is 1. The zero-order valence-corrected chi connectivity index (χ0v) is 11.2. The first-order valence-corrected chi connectivity index (χ1v) is 7.08. The molecule has 0 N–H and O–H groups in total. The summed E-state index contributed by atoms with van der Waals surface area (Å²) in [7, 11) is 0. The SMILES string of the molecule is O=C(N1CCOCC1)N1CCCCc2ccccc21. The highest BCUT2D eigenvalue weighted by molar-refractivity contribution is 5.93. The van der Waals surface area contributed by atoms with E-state index in [1.807, 2.05) is 15.9 Å². The van der Waals surface area contributed by atoms with E-state index in [2.05, 4.69) is 18.2 Å². The van der Waals surface area contributed by atoms with Crippen molar-refractivity contribution in [2.24, 2.45) is 0 Å². The molecule has 0 radical (unpaired) electrons. The van der Waals surface area contributed by atoms with Crippen LogP contribution in [0.4, 0.5) is 10.5 Å². The molecule has 2 amide bonds. The molecular weight excluding hydrogens is 240 g/mol. The second-order valence-corrected chi connectivity index (χ2v) is 5.12. The molecule has 4 heteroatoms. The van der Waals surface area contributed by atoms with Crippen LogP contribution in [-0.2, 0) is 11.2 Å². The number of fused-ring (bicyclic) bond motifs is 1. The Morgan fingerprint density at radius 1 is 1.05 bits per heavy atom. The van der Waals surface area contributed by atoms with E-state index in [0.717, 1.165) is 31.5 Å². The molecule has 102 valence electrons. The Morgan fingerprint density at radius 3 is 2.68 bits per heavy atom. The van der Waals surface area contributed by atoms with Gasteiger partial charge in [-0.2, -0.15) is 0 Å².